The number of aliphatic hydroxyl groups is 1. The van der Waals surface area contributed by atoms with Gasteiger partial charge in [0.1, 0.15) is 5.75 Å². The molecule has 6 nitrogen and oxygen atoms in total. The Balaban J connectivity index is 1.79. The molecule has 1 aliphatic rings. The number of hydrogen-bond donors (Lipinski definition) is 2. The fourth-order valence-electron chi connectivity index (χ4n) is 4.44. The van der Waals surface area contributed by atoms with Gasteiger partial charge in [0.15, 0.2) is 5.11 Å². The third kappa shape index (κ3) is 4.03. The van der Waals surface area contributed by atoms with Gasteiger partial charge in [0, 0.05) is 36.4 Å². The molecule has 0 amide bonds. The fourth-order valence-corrected chi connectivity index (χ4v) is 4.77. The molecule has 1 fully saturated rings. The van der Waals surface area contributed by atoms with Crippen LogP contribution in [0.25, 0.3) is 5.69 Å². The van der Waals surface area contributed by atoms with Crippen molar-refractivity contribution < 1.29 is 9.84 Å². The third-order valence-electron chi connectivity index (χ3n) is 5.87. The van der Waals surface area contributed by atoms with Crippen LogP contribution in [0.4, 0.5) is 0 Å². The van der Waals surface area contributed by atoms with E-state index in [0.717, 1.165) is 28.5 Å². The number of methoxy groups -OCH3 is 1. The minimum Gasteiger partial charge on any atom is -0.497 e. The molecule has 2 N–H and O–H groups in total. The Morgan fingerprint density at radius 2 is 1.94 bits per heavy atom. The maximum Gasteiger partial charge on any atom is 0.170 e. The Kier molecular flexibility index (Phi) is 6.25. The molecule has 0 saturated carbocycles. The minimum absolute atomic E-state index is 0.00727. The van der Waals surface area contributed by atoms with E-state index in [1.54, 1.807) is 7.11 Å². The standard InChI is InChI=1S/C24H28N4O2S/c1-16-15-20(17(2)28(16)18-8-10-19(30-3)11-9-18)23-22(21-7-4-5-12-25-21)26-24(31)27(23)13-6-14-29/h4-5,7-12,15,22-23,29H,6,13-14H2,1-3H3,(H,26,31)/t22-,23-/m0/s1. The molecule has 31 heavy (non-hydrogen) atoms. The lowest BCUT2D eigenvalue weighted by Crippen LogP contribution is -2.31. The Morgan fingerprint density at radius 3 is 2.58 bits per heavy atom. The van der Waals surface area contributed by atoms with Crippen LogP contribution in [0, 0.1) is 13.8 Å². The monoisotopic (exact) mass is 436 g/mol. The highest BCUT2D eigenvalue weighted by Gasteiger charge is 2.41. The van der Waals surface area contributed by atoms with Crippen LogP contribution < -0.4 is 10.1 Å². The van der Waals surface area contributed by atoms with Crippen molar-refractivity contribution in [2.45, 2.75) is 32.4 Å². The number of nitrogens with zero attached hydrogens (tertiary/aromatic N) is 3. The summed E-state index contributed by atoms with van der Waals surface area (Å²) in [7, 11) is 1.67. The first-order valence-electron chi connectivity index (χ1n) is 10.5. The van der Waals surface area contributed by atoms with Gasteiger partial charge in [-0.05, 0) is 80.5 Å². The molecule has 0 spiro atoms. The zero-order chi connectivity index (χ0) is 22.0. The van der Waals surface area contributed by atoms with Gasteiger partial charge in [0.05, 0.1) is 24.9 Å². The average Bonchev–Trinajstić information content (AvgIpc) is 3.27. The number of hydrogen-bond acceptors (Lipinski definition) is 4. The molecule has 4 rings (SSSR count). The first-order chi connectivity index (χ1) is 15.0. The summed E-state index contributed by atoms with van der Waals surface area (Å²) in [6, 6.07) is 16.2. The lowest BCUT2D eigenvalue weighted by molar-refractivity contribution is 0.247. The molecule has 1 aromatic carbocycles. The quantitative estimate of drug-likeness (QED) is 0.549. The van der Waals surface area contributed by atoms with Crippen molar-refractivity contribution in [3.8, 4) is 11.4 Å². The van der Waals surface area contributed by atoms with Gasteiger partial charge < -0.3 is 24.6 Å². The van der Waals surface area contributed by atoms with E-state index in [1.807, 2.05) is 36.5 Å². The van der Waals surface area contributed by atoms with E-state index in [9.17, 15) is 5.11 Å². The number of benzene rings is 1. The molecule has 0 radical (unpaired) electrons. The van der Waals surface area contributed by atoms with E-state index in [1.165, 1.54) is 5.56 Å². The Bertz CT molecular complexity index is 1050. The summed E-state index contributed by atoms with van der Waals surface area (Å²) in [5.74, 6) is 0.835. The number of thiocarbonyl (C=S) groups is 1. The third-order valence-corrected chi connectivity index (χ3v) is 6.23. The first kappa shape index (κ1) is 21.3. The van der Waals surface area contributed by atoms with Gasteiger partial charge in [-0.3, -0.25) is 4.98 Å². The van der Waals surface area contributed by atoms with Gasteiger partial charge in [0.2, 0.25) is 0 Å². The SMILES string of the molecule is COc1ccc(-n2c(C)cc([C@H]3[C@H](c4ccccn4)NC(=S)N3CCCO)c2C)cc1. The Hall–Kier alpha value is -2.90. The van der Waals surface area contributed by atoms with Gasteiger partial charge >= 0.3 is 0 Å². The van der Waals surface area contributed by atoms with Gasteiger partial charge in [-0.2, -0.15) is 0 Å². The number of rotatable bonds is 7. The number of nitrogens with one attached hydrogen (secondary N) is 1. The van der Waals surface area contributed by atoms with Crippen LogP contribution in [0.3, 0.4) is 0 Å². The highest BCUT2D eigenvalue weighted by Crippen LogP contribution is 2.41. The van der Waals surface area contributed by atoms with Gasteiger partial charge in [-0.1, -0.05) is 6.07 Å². The highest BCUT2D eigenvalue weighted by molar-refractivity contribution is 7.80. The van der Waals surface area contributed by atoms with Crippen LogP contribution in [-0.2, 0) is 0 Å². The lowest BCUT2D eigenvalue weighted by Gasteiger charge is -2.28. The Labute approximate surface area is 188 Å². The molecular weight excluding hydrogens is 408 g/mol. The van der Waals surface area contributed by atoms with Gasteiger partial charge in [-0.25, -0.2) is 0 Å². The van der Waals surface area contributed by atoms with Crippen LogP contribution in [0.1, 0.15) is 41.1 Å². The maximum atomic E-state index is 9.43. The van der Waals surface area contributed by atoms with Crippen LogP contribution >= 0.6 is 12.2 Å². The number of pyridine rings is 1. The molecule has 1 saturated heterocycles. The molecule has 2 atom stereocenters. The summed E-state index contributed by atoms with van der Waals surface area (Å²) in [5, 5.41) is 13.6. The minimum atomic E-state index is -0.0581. The molecule has 3 aromatic rings. The summed E-state index contributed by atoms with van der Waals surface area (Å²) in [6.07, 6.45) is 2.47. The number of aromatic nitrogens is 2. The second-order valence-electron chi connectivity index (χ2n) is 7.76. The van der Waals surface area contributed by atoms with Crippen molar-refractivity contribution in [1.82, 2.24) is 19.8 Å². The number of ether oxygens (including phenoxy) is 1. The van der Waals surface area contributed by atoms with Crippen molar-refractivity contribution in [3.63, 3.8) is 0 Å². The fraction of sp³-hybridized carbons (Fsp3) is 0.333. The molecule has 162 valence electrons. The topological polar surface area (TPSA) is 62.5 Å². The van der Waals surface area contributed by atoms with Crippen molar-refractivity contribution >= 4 is 17.3 Å². The molecule has 7 heteroatoms. The second kappa shape index (κ2) is 9.08. The summed E-state index contributed by atoms with van der Waals surface area (Å²) in [4.78, 5) is 6.79. The summed E-state index contributed by atoms with van der Waals surface area (Å²) in [5.41, 5.74) is 5.56. The van der Waals surface area contributed by atoms with Crippen LogP contribution in [0.5, 0.6) is 5.75 Å². The van der Waals surface area contributed by atoms with E-state index >= 15 is 0 Å². The molecule has 0 unspecified atom stereocenters. The summed E-state index contributed by atoms with van der Waals surface area (Å²) in [6.45, 7) is 5.08. The van der Waals surface area contributed by atoms with Crippen molar-refractivity contribution in [2.75, 3.05) is 20.3 Å². The van der Waals surface area contributed by atoms with Crippen molar-refractivity contribution in [3.05, 3.63) is 77.4 Å². The van der Waals surface area contributed by atoms with E-state index in [-0.39, 0.29) is 18.7 Å². The van der Waals surface area contributed by atoms with E-state index < -0.39 is 0 Å². The largest absolute Gasteiger partial charge is 0.497 e. The predicted molar refractivity (Wildman–Crippen MR) is 126 cm³/mol. The summed E-state index contributed by atoms with van der Waals surface area (Å²) < 4.78 is 7.57. The molecule has 2 aromatic heterocycles. The molecular formula is C24H28N4O2S. The first-order valence-corrected chi connectivity index (χ1v) is 10.9. The zero-order valence-electron chi connectivity index (χ0n) is 18.1. The van der Waals surface area contributed by atoms with E-state index in [4.69, 9.17) is 17.0 Å². The van der Waals surface area contributed by atoms with Crippen LogP contribution in [-0.4, -0.2) is 44.9 Å². The average molecular weight is 437 g/mol. The molecule has 3 heterocycles. The van der Waals surface area contributed by atoms with E-state index in [2.05, 4.69) is 51.8 Å². The lowest BCUT2D eigenvalue weighted by atomic mass is 9.96. The van der Waals surface area contributed by atoms with Crippen molar-refractivity contribution in [2.24, 2.45) is 0 Å². The second-order valence-corrected chi connectivity index (χ2v) is 8.14. The smallest absolute Gasteiger partial charge is 0.170 e. The zero-order valence-corrected chi connectivity index (χ0v) is 18.9. The van der Waals surface area contributed by atoms with Gasteiger partial charge in [-0.15, -0.1) is 0 Å². The molecule has 0 aliphatic carbocycles. The summed E-state index contributed by atoms with van der Waals surface area (Å²) >= 11 is 5.70. The highest BCUT2D eigenvalue weighted by atomic mass is 32.1. The normalized spacial score (nSPS) is 18.3. The van der Waals surface area contributed by atoms with Crippen LogP contribution in [0.15, 0.2) is 54.7 Å². The molecule has 1 aliphatic heterocycles. The molecule has 0 bridgehead atoms. The van der Waals surface area contributed by atoms with Crippen LogP contribution in [0.2, 0.25) is 0 Å². The maximum absolute atomic E-state index is 9.43. The number of aliphatic hydroxyl groups excluding tert-OH is 1. The van der Waals surface area contributed by atoms with Gasteiger partial charge in [0.25, 0.3) is 0 Å². The Morgan fingerprint density at radius 1 is 1.16 bits per heavy atom. The number of aryl methyl sites for hydroxylation is 1. The van der Waals surface area contributed by atoms with E-state index in [0.29, 0.717) is 18.1 Å². The predicted octanol–water partition coefficient (Wildman–Crippen LogP) is 3.85. The van der Waals surface area contributed by atoms with Crippen molar-refractivity contribution in [1.29, 1.82) is 0 Å².